The maximum Gasteiger partial charge on any atom is 0.307 e. The molecule has 0 amide bonds. The predicted octanol–water partition coefficient (Wildman–Crippen LogP) is 0.322. The van der Waals surface area contributed by atoms with Crippen LogP contribution in [0.3, 0.4) is 0 Å². The van der Waals surface area contributed by atoms with Gasteiger partial charge in [-0.2, -0.15) is 4.31 Å². The van der Waals surface area contributed by atoms with Gasteiger partial charge in [0.25, 0.3) is 0 Å². The van der Waals surface area contributed by atoms with Crippen LogP contribution >= 0.6 is 0 Å². The molecule has 8 nitrogen and oxygen atoms in total. The van der Waals surface area contributed by atoms with Gasteiger partial charge in [-0.1, -0.05) is 0 Å². The van der Waals surface area contributed by atoms with Crippen molar-refractivity contribution in [1.82, 2.24) is 4.31 Å². The van der Waals surface area contributed by atoms with E-state index in [1.165, 1.54) is 28.6 Å². The molecule has 0 spiro atoms. The molecular weight excluding hydrogens is 356 g/mol. The molecule has 0 aromatic heterocycles. The van der Waals surface area contributed by atoms with Crippen molar-refractivity contribution in [1.29, 1.82) is 0 Å². The van der Waals surface area contributed by atoms with Crippen LogP contribution in [0.2, 0.25) is 0 Å². The number of rotatable bonds is 4. The van der Waals surface area contributed by atoms with Crippen LogP contribution in [0.15, 0.2) is 29.2 Å². The molecule has 1 N–H and O–H groups in total. The van der Waals surface area contributed by atoms with Crippen LogP contribution in [-0.2, 0) is 24.8 Å². The van der Waals surface area contributed by atoms with Crippen molar-refractivity contribution in [2.24, 2.45) is 5.92 Å². The summed E-state index contributed by atoms with van der Waals surface area (Å²) in [6, 6.07) is 5.68. The molecule has 1 aromatic rings. The highest BCUT2D eigenvalue weighted by Gasteiger charge is 2.36. The van der Waals surface area contributed by atoms with Gasteiger partial charge in [0.05, 0.1) is 22.3 Å². The highest BCUT2D eigenvalue weighted by atomic mass is 32.2. The van der Waals surface area contributed by atoms with E-state index in [1.807, 2.05) is 0 Å². The molecule has 1 unspecified atom stereocenters. The summed E-state index contributed by atoms with van der Waals surface area (Å²) in [7, 11) is -7.08. The Morgan fingerprint density at radius 2 is 1.83 bits per heavy atom. The van der Waals surface area contributed by atoms with E-state index in [0.29, 0.717) is 25.1 Å². The first-order chi connectivity index (χ1) is 11.2. The van der Waals surface area contributed by atoms with E-state index in [1.54, 1.807) is 0 Å². The van der Waals surface area contributed by atoms with E-state index in [2.05, 4.69) is 0 Å². The van der Waals surface area contributed by atoms with Crippen LogP contribution in [0, 0.1) is 5.92 Å². The van der Waals surface area contributed by atoms with Gasteiger partial charge in [-0.25, -0.2) is 16.8 Å². The zero-order valence-electron chi connectivity index (χ0n) is 12.8. The number of benzene rings is 1. The average Bonchev–Trinajstić information content (AvgIpc) is 3.14. The van der Waals surface area contributed by atoms with Gasteiger partial charge in [-0.3, -0.25) is 9.10 Å². The van der Waals surface area contributed by atoms with Crippen LogP contribution in [0.1, 0.15) is 12.8 Å². The van der Waals surface area contributed by atoms with Gasteiger partial charge in [0.2, 0.25) is 20.0 Å². The number of anilines is 1. The molecule has 0 bridgehead atoms. The lowest BCUT2D eigenvalue weighted by Gasteiger charge is -2.19. The van der Waals surface area contributed by atoms with Crippen molar-refractivity contribution in [3.8, 4) is 0 Å². The van der Waals surface area contributed by atoms with E-state index >= 15 is 0 Å². The van der Waals surface area contributed by atoms with Gasteiger partial charge < -0.3 is 5.11 Å². The monoisotopic (exact) mass is 374 g/mol. The van der Waals surface area contributed by atoms with Gasteiger partial charge in [0.1, 0.15) is 0 Å². The Labute approximate surface area is 140 Å². The second kappa shape index (κ2) is 6.01. The molecule has 2 aliphatic heterocycles. The van der Waals surface area contributed by atoms with Crippen LogP contribution in [-0.4, -0.2) is 57.6 Å². The smallest absolute Gasteiger partial charge is 0.307 e. The third-order valence-electron chi connectivity index (χ3n) is 4.36. The van der Waals surface area contributed by atoms with Gasteiger partial charge in [0, 0.05) is 19.6 Å². The van der Waals surface area contributed by atoms with Crippen molar-refractivity contribution in [3.63, 3.8) is 0 Å². The first kappa shape index (κ1) is 17.2. The van der Waals surface area contributed by atoms with Crippen molar-refractivity contribution in [2.75, 3.05) is 29.7 Å². The van der Waals surface area contributed by atoms with Crippen molar-refractivity contribution in [3.05, 3.63) is 24.3 Å². The largest absolute Gasteiger partial charge is 0.481 e. The summed E-state index contributed by atoms with van der Waals surface area (Å²) in [5.74, 6) is -1.59. The average molecular weight is 374 g/mol. The molecule has 2 saturated heterocycles. The predicted molar refractivity (Wildman–Crippen MR) is 86.7 cm³/mol. The summed E-state index contributed by atoms with van der Waals surface area (Å²) in [5, 5.41) is 8.99. The van der Waals surface area contributed by atoms with Crippen LogP contribution in [0.25, 0.3) is 0 Å². The summed E-state index contributed by atoms with van der Waals surface area (Å²) in [6.07, 6.45) is 0.839. The summed E-state index contributed by atoms with van der Waals surface area (Å²) >= 11 is 0. The number of carboxylic acid groups (broad SMARTS) is 1. The number of aliphatic carboxylic acids is 1. The van der Waals surface area contributed by atoms with Crippen molar-refractivity contribution in [2.45, 2.75) is 17.7 Å². The quantitative estimate of drug-likeness (QED) is 0.812. The Bertz CT molecular complexity index is 848. The molecule has 3 rings (SSSR count). The minimum absolute atomic E-state index is 0.0360. The van der Waals surface area contributed by atoms with Crippen LogP contribution in [0.4, 0.5) is 5.69 Å². The summed E-state index contributed by atoms with van der Waals surface area (Å²) in [6.45, 7) is 0.516. The standard InChI is InChI=1S/C14H18N2O6S2/c17-14(18)11-6-8-15(10-11)24(21,22)13-4-2-12(3-5-13)16-7-1-9-23(16,19)20/h2-5,11H,1,6-10H2,(H,17,18). The molecule has 24 heavy (non-hydrogen) atoms. The van der Waals surface area contributed by atoms with E-state index in [0.717, 1.165) is 4.31 Å². The zero-order chi connectivity index (χ0) is 17.5. The molecule has 0 aliphatic carbocycles. The topological polar surface area (TPSA) is 112 Å². The fraction of sp³-hybridized carbons (Fsp3) is 0.500. The first-order valence-electron chi connectivity index (χ1n) is 7.55. The molecule has 2 aliphatic rings. The Balaban J connectivity index is 1.82. The first-order valence-corrected chi connectivity index (χ1v) is 10.6. The maximum absolute atomic E-state index is 12.6. The molecule has 1 aromatic carbocycles. The third kappa shape index (κ3) is 3.01. The van der Waals surface area contributed by atoms with Gasteiger partial charge >= 0.3 is 5.97 Å². The second-order valence-electron chi connectivity index (χ2n) is 5.92. The lowest BCUT2D eigenvalue weighted by molar-refractivity contribution is -0.141. The number of hydrogen-bond donors (Lipinski definition) is 1. The summed E-state index contributed by atoms with van der Waals surface area (Å²) < 4.78 is 51.4. The lowest BCUT2D eigenvalue weighted by Crippen LogP contribution is -2.30. The third-order valence-corrected chi connectivity index (χ3v) is 8.11. The molecular formula is C14H18N2O6S2. The summed E-state index contributed by atoms with van der Waals surface area (Å²) in [5.41, 5.74) is 0.441. The minimum atomic E-state index is -3.77. The van der Waals surface area contributed by atoms with E-state index < -0.39 is 31.9 Å². The minimum Gasteiger partial charge on any atom is -0.481 e. The summed E-state index contributed by atoms with van der Waals surface area (Å²) in [4.78, 5) is 11.0. The van der Waals surface area contributed by atoms with Crippen LogP contribution < -0.4 is 4.31 Å². The van der Waals surface area contributed by atoms with E-state index in [4.69, 9.17) is 5.11 Å². The molecule has 10 heteroatoms. The Morgan fingerprint density at radius 3 is 2.33 bits per heavy atom. The van der Waals surface area contributed by atoms with Crippen molar-refractivity contribution >= 4 is 31.7 Å². The lowest BCUT2D eigenvalue weighted by atomic mass is 10.1. The highest BCUT2D eigenvalue weighted by Crippen LogP contribution is 2.28. The molecule has 132 valence electrons. The number of sulfonamides is 2. The molecule has 0 saturated carbocycles. The normalized spacial score (nSPS) is 24.3. The SMILES string of the molecule is O=C(O)C1CCN(S(=O)(=O)c2ccc(N3CCCS3(=O)=O)cc2)C1. The second-order valence-corrected chi connectivity index (χ2v) is 9.87. The highest BCUT2D eigenvalue weighted by molar-refractivity contribution is 7.93. The van der Waals surface area contributed by atoms with E-state index in [-0.39, 0.29) is 23.7 Å². The van der Waals surface area contributed by atoms with Gasteiger partial charge in [-0.05, 0) is 37.1 Å². The number of nitrogens with zero attached hydrogens (tertiary/aromatic N) is 2. The van der Waals surface area contributed by atoms with Gasteiger partial charge in [-0.15, -0.1) is 0 Å². The van der Waals surface area contributed by atoms with Crippen LogP contribution in [0.5, 0.6) is 0 Å². The molecule has 2 fully saturated rings. The zero-order valence-corrected chi connectivity index (χ0v) is 14.5. The Morgan fingerprint density at radius 1 is 1.17 bits per heavy atom. The number of carboxylic acids is 1. The van der Waals surface area contributed by atoms with E-state index in [9.17, 15) is 21.6 Å². The number of hydrogen-bond acceptors (Lipinski definition) is 5. The fourth-order valence-electron chi connectivity index (χ4n) is 3.01. The maximum atomic E-state index is 12.6. The molecule has 2 heterocycles. The van der Waals surface area contributed by atoms with Crippen molar-refractivity contribution < 1.29 is 26.7 Å². The Hall–Kier alpha value is -1.65. The Kier molecular flexibility index (Phi) is 4.30. The molecule has 0 radical (unpaired) electrons. The molecule has 1 atom stereocenters. The fourth-order valence-corrected chi connectivity index (χ4v) is 6.08. The van der Waals surface area contributed by atoms with Gasteiger partial charge in [0.15, 0.2) is 0 Å². The number of carbonyl (C=O) groups is 1.